The average Bonchev–Trinajstić information content (AvgIpc) is 2.38. The summed E-state index contributed by atoms with van der Waals surface area (Å²) < 4.78 is 0. The van der Waals surface area contributed by atoms with Gasteiger partial charge in [-0.1, -0.05) is 29.8 Å². The minimum Gasteiger partial charge on any atom is -0.398 e. The molecule has 0 unspecified atom stereocenters. The van der Waals surface area contributed by atoms with Gasteiger partial charge in [-0.05, 0) is 30.3 Å². The number of nitrogen functional groups attached to an aromatic ring is 1. The third-order valence-electron chi connectivity index (χ3n) is 2.51. The van der Waals surface area contributed by atoms with Crippen molar-refractivity contribution in [2.45, 2.75) is 0 Å². The number of carbonyl (C=O) groups is 2. The number of rotatable bonds is 2. The highest BCUT2D eigenvalue weighted by Crippen LogP contribution is 2.15. The fraction of sp³-hybridized carbons (Fsp3) is 0. The Hall–Kier alpha value is -2.53. The molecule has 0 aliphatic rings. The summed E-state index contributed by atoms with van der Waals surface area (Å²) in [6, 6.07) is 12.4. The van der Waals surface area contributed by atoms with Gasteiger partial charge in [0.2, 0.25) is 0 Å². The molecule has 0 bridgehead atoms. The van der Waals surface area contributed by atoms with E-state index in [1.807, 2.05) is 0 Å². The lowest BCUT2D eigenvalue weighted by Crippen LogP contribution is -2.34. The normalized spacial score (nSPS) is 9.85. The van der Waals surface area contributed by atoms with Gasteiger partial charge in [0.25, 0.3) is 5.91 Å². The summed E-state index contributed by atoms with van der Waals surface area (Å²) in [6.45, 7) is 0. The number of nitrogens with two attached hydrogens (primary N) is 1. The SMILES string of the molecule is Nc1ccccc1C(=O)NC(=O)Nc1cccc(Cl)c1. The molecule has 0 saturated carbocycles. The lowest BCUT2D eigenvalue weighted by Gasteiger charge is -2.08. The Bertz CT molecular complexity index is 658. The fourth-order valence-electron chi connectivity index (χ4n) is 1.60. The third-order valence-corrected chi connectivity index (χ3v) is 2.75. The summed E-state index contributed by atoms with van der Waals surface area (Å²) in [6.07, 6.45) is 0. The maximum absolute atomic E-state index is 11.9. The van der Waals surface area contributed by atoms with Crippen LogP contribution >= 0.6 is 11.6 Å². The van der Waals surface area contributed by atoms with E-state index < -0.39 is 11.9 Å². The molecule has 0 aromatic heterocycles. The molecule has 0 atom stereocenters. The Balaban J connectivity index is 2.02. The van der Waals surface area contributed by atoms with Crippen LogP contribution in [0.1, 0.15) is 10.4 Å². The van der Waals surface area contributed by atoms with Gasteiger partial charge in [0, 0.05) is 16.4 Å². The Morgan fingerprint density at radius 2 is 1.80 bits per heavy atom. The molecule has 0 heterocycles. The van der Waals surface area contributed by atoms with E-state index in [2.05, 4.69) is 10.6 Å². The molecule has 4 N–H and O–H groups in total. The highest BCUT2D eigenvalue weighted by atomic mass is 35.5. The number of anilines is 2. The number of hydrogen-bond donors (Lipinski definition) is 3. The van der Waals surface area contributed by atoms with Gasteiger partial charge in [-0.25, -0.2) is 4.79 Å². The zero-order valence-electron chi connectivity index (χ0n) is 10.4. The highest BCUT2D eigenvalue weighted by molar-refractivity contribution is 6.30. The Kier molecular flexibility index (Phi) is 4.22. The molecule has 0 saturated heterocycles. The van der Waals surface area contributed by atoms with Gasteiger partial charge >= 0.3 is 6.03 Å². The smallest absolute Gasteiger partial charge is 0.326 e. The molecular weight excluding hydrogens is 278 g/mol. The van der Waals surface area contributed by atoms with Crippen LogP contribution < -0.4 is 16.4 Å². The molecule has 3 amide bonds. The molecule has 0 radical (unpaired) electrons. The average molecular weight is 290 g/mol. The number of nitrogens with one attached hydrogen (secondary N) is 2. The Labute approximate surface area is 120 Å². The van der Waals surface area contributed by atoms with Crippen molar-refractivity contribution in [1.82, 2.24) is 5.32 Å². The second kappa shape index (κ2) is 6.08. The third kappa shape index (κ3) is 3.49. The predicted molar refractivity (Wildman–Crippen MR) is 78.8 cm³/mol. The molecule has 0 aliphatic carbocycles. The van der Waals surface area contributed by atoms with Crippen molar-refractivity contribution in [3.63, 3.8) is 0 Å². The van der Waals surface area contributed by atoms with Gasteiger partial charge in [-0.15, -0.1) is 0 Å². The van der Waals surface area contributed by atoms with E-state index in [1.54, 1.807) is 42.5 Å². The fourth-order valence-corrected chi connectivity index (χ4v) is 1.79. The van der Waals surface area contributed by atoms with Crippen LogP contribution in [-0.4, -0.2) is 11.9 Å². The van der Waals surface area contributed by atoms with Crippen LogP contribution in [0.3, 0.4) is 0 Å². The maximum Gasteiger partial charge on any atom is 0.326 e. The van der Waals surface area contributed by atoms with Gasteiger partial charge in [0.15, 0.2) is 0 Å². The van der Waals surface area contributed by atoms with Crippen LogP contribution in [0.5, 0.6) is 0 Å². The molecule has 0 fully saturated rings. The van der Waals surface area contributed by atoms with Crippen LogP contribution in [0.2, 0.25) is 5.02 Å². The number of hydrogen-bond acceptors (Lipinski definition) is 3. The van der Waals surface area contributed by atoms with Crippen molar-refractivity contribution in [3.05, 3.63) is 59.1 Å². The molecule has 102 valence electrons. The quantitative estimate of drug-likeness (QED) is 0.743. The number of urea groups is 1. The molecule has 5 nitrogen and oxygen atoms in total. The van der Waals surface area contributed by atoms with Crippen molar-refractivity contribution in [2.75, 3.05) is 11.1 Å². The van der Waals surface area contributed by atoms with Gasteiger partial charge in [-0.3, -0.25) is 10.1 Å². The molecule has 2 aromatic carbocycles. The van der Waals surface area contributed by atoms with Crippen LogP contribution in [0.4, 0.5) is 16.2 Å². The van der Waals surface area contributed by atoms with Gasteiger partial charge in [0.1, 0.15) is 0 Å². The number of halogens is 1. The van der Waals surface area contributed by atoms with E-state index >= 15 is 0 Å². The zero-order valence-corrected chi connectivity index (χ0v) is 11.1. The van der Waals surface area contributed by atoms with Crippen molar-refractivity contribution >= 4 is 34.9 Å². The summed E-state index contributed by atoms with van der Waals surface area (Å²) >= 11 is 5.80. The molecular formula is C14H12ClN3O2. The summed E-state index contributed by atoms with van der Waals surface area (Å²) in [7, 11) is 0. The summed E-state index contributed by atoms with van der Waals surface area (Å²) in [5.41, 5.74) is 6.70. The highest BCUT2D eigenvalue weighted by Gasteiger charge is 2.12. The molecule has 20 heavy (non-hydrogen) atoms. The Morgan fingerprint density at radius 1 is 1.05 bits per heavy atom. The first kappa shape index (κ1) is 13.9. The van der Waals surface area contributed by atoms with Crippen LogP contribution in [-0.2, 0) is 0 Å². The molecule has 2 rings (SSSR count). The summed E-state index contributed by atoms with van der Waals surface area (Å²) in [4.78, 5) is 23.5. The maximum atomic E-state index is 11.9. The lowest BCUT2D eigenvalue weighted by atomic mass is 10.2. The van der Waals surface area contributed by atoms with E-state index in [0.29, 0.717) is 16.4 Å². The van der Waals surface area contributed by atoms with Crippen molar-refractivity contribution < 1.29 is 9.59 Å². The number of carbonyl (C=O) groups excluding carboxylic acids is 2. The Morgan fingerprint density at radius 3 is 2.50 bits per heavy atom. The van der Waals surface area contributed by atoms with E-state index in [-0.39, 0.29) is 5.56 Å². The van der Waals surface area contributed by atoms with Crippen LogP contribution in [0, 0.1) is 0 Å². The van der Waals surface area contributed by atoms with Crippen molar-refractivity contribution in [1.29, 1.82) is 0 Å². The summed E-state index contributed by atoms with van der Waals surface area (Å²) in [5.74, 6) is -0.567. The summed E-state index contributed by atoms with van der Waals surface area (Å²) in [5, 5.41) is 5.19. The topological polar surface area (TPSA) is 84.2 Å². The van der Waals surface area contributed by atoms with Crippen LogP contribution in [0.15, 0.2) is 48.5 Å². The monoisotopic (exact) mass is 289 g/mol. The predicted octanol–water partition coefficient (Wildman–Crippen LogP) is 2.88. The van der Waals surface area contributed by atoms with E-state index in [4.69, 9.17) is 17.3 Å². The lowest BCUT2D eigenvalue weighted by molar-refractivity contribution is 0.0968. The molecule has 2 aromatic rings. The first-order valence-corrected chi connectivity index (χ1v) is 6.16. The first-order valence-electron chi connectivity index (χ1n) is 5.78. The van der Waals surface area contributed by atoms with E-state index in [9.17, 15) is 9.59 Å². The first-order chi connectivity index (χ1) is 9.56. The number of para-hydroxylation sites is 1. The second-order valence-electron chi connectivity index (χ2n) is 4.01. The van der Waals surface area contributed by atoms with Gasteiger partial charge < -0.3 is 11.1 Å². The van der Waals surface area contributed by atoms with Gasteiger partial charge in [-0.2, -0.15) is 0 Å². The molecule has 0 spiro atoms. The number of imide groups is 1. The number of amides is 3. The van der Waals surface area contributed by atoms with Crippen LogP contribution in [0.25, 0.3) is 0 Å². The number of benzene rings is 2. The molecule has 0 aliphatic heterocycles. The molecule has 6 heteroatoms. The standard InChI is InChI=1S/C14H12ClN3O2/c15-9-4-3-5-10(8-9)17-14(20)18-13(19)11-6-1-2-7-12(11)16/h1-8H,16H2,(H2,17,18,19,20). The van der Waals surface area contributed by atoms with E-state index in [1.165, 1.54) is 6.07 Å². The van der Waals surface area contributed by atoms with E-state index in [0.717, 1.165) is 0 Å². The zero-order chi connectivity index (χ0) is 14.5. The van der Waals surface area contributed by atoms with Crippen molar-refractivity contribution in [3.8, 4) is 0 Å². The largest absolute Gasteiger partial charge is 0.398 e. The van der Waals surface area contributed by atoms with Gasteiger partial charge in [0.05, 0.1) is 5.56 Å². The van der Waals surface area contributed by atoms with Crippen molar-refractivity contribution in [2.24, 2.45) is 0 Å². The minimum atomic E-state index is -0.652. The minimum absolute atomic E-state index is 0.244. The second-order valence-corrected chi connectivity index (χ2v) is 4.44.